The molecule has 6 heteroatoms. The monoisotopic (exact) mass is 344 g/mol. The molecule has 0 spiro atoms. The SMILES string of the molecule is CC1CC2CNCC2N1S(=O)(=O)c1ccc(Br)cc1. The molecule has 3 rings (SSSR count). The van der Waals surface area contributed by atoms with E-state index >= 15 is 0 Å². The fourth-order valence-corrected chi connectivity index (χ4v) is 5.42. The normalized spacial score (nSPS) is 31.6. The van der Waals surface area contributed by atoms with Crippen LogP contribution >= 0.6 is 15.9 Å². The van der Waals surface area contributed by atoms with E-state index in [-0.39, 0.29) is 12.1 Å². The highest BCUT2D eigenvalue weighted by Gasteiger charge is 2.47. The van der Waals surface area contributed by atoms with Crippen molar-refractivity contribution >= 4 is 26.0 Å². The van der Waals surface area contributed by atoms with Crippen molar-refractivity contribution in [2.45, 2.75) is 30.3 Å². The van der Waals surface area contributed by atoms with Gasteiger partial charge in [0, 0.05) is 23.1 Å². The molecule has 19 heavy (non-hydrogen) atoms. The van der Waals surface area contributed by atoms with Gasteiger partial charge in [0.15, 0.2) is 0 Å². The first-order valence-corrected chi connectivity index (χ1v) is 8.73. The van der Waals surface area contributed by atoms with Gasteiger partial charge in [-0.05, 0) is 50.1 Å². The molecule has 0 radical (unpaired) electrons. The van der Waals surface area contributed by atoms with Crippen molar-refractivity contribution in [3.05, 3.63) is 28.7 Å². The summed E-state index contributed by atoms with van der Waals surface area (Å²) < 4.78 is 28.2. The maximum Gasteiger partial charge on any atom is 0.243 e. The maximum absolute atomic E-state index is 12.8. The number of fused-ring (bicyclic) bond motifs is 1. The van der Waals surface area contributed by atoms with Crippen molar-refractivity contribution in [1.29, 1.82) is 0 Å². The van der Waals surface area contributed by atoms with Crippen LogP contribution in [0.3, 0.4) is 0 Å². The zero-order chi connectivity index (χ0) is 13.6. The number of halogens is 1. The molecule has 4 nitrogen and oxygen atoms in total. The predicted octanol–water partition coefficient (Wildman–Crippen LogP) is 1.82. The summed E-state index contributed by atoms with van der Waals surface area (Å²) >= 11 is 3.33. The topological polar surface area (TPSA) is 49.4 Å². The van der Waals surface area contributed by atoms with Crippen LogP contribution in [0.25, 0.3) is 0 Å². The van der Waals surface area contributed by atoms with Gasteiger partial charge in [0.05, 0.1) is 4.90 Å². The molecule has 0 amide bonds. The standard InChI is InChI=1S/C13H17BrN2O2S/c1-9-6-10-7-15-8-13(10)16(9)19(17,18)12-4-2-11(14)3-5-12/h2-5,9-10,13,15H,6-8H2,1H3. The van der Waals surface area contributed by atoms with Gasteiger partial charge in [0.1, 0.15) is 0 Å². The number of hydrogen-bond donors (Lipinski definition) is 1. The zero-order valence-corrected chi connectivity index (χ0v) is 13.1. The van der Waals surface area contributed by atoms with E-state index in [1.807, 2.05) is 6.92 Å². The van der Waals surface area contributed by atoms with Crippen LogP contribution < -0.4 is 5.32 Å². The average Bonchev–Trinajstić information content (AvgIpc) is 2.88. The summed E-state index contributed by atoms with van der Waals surface area (Å²) in [6, 6.07) is 7.09. The largest absolute Gasteiger partial charge is 0.315 e. The Hall–Kier alpha value is -0.430. The minimum Gasteiger partial charge on any atom is -0.315 e. The number of hydrogen-bond acceptors (Lipinski definition) is 3. The molecule has 1 N–H and O–H groups in total. The molecule has 2 saturated heterocycles. The van der Waals surface area contributed by atoms with Gasteiger partial charge in [-0.15, -0.1) is 0 Å². The Bertz CT molecular complexity index is 573. The summed E-state index contributed by atoms with van der Waals surface area (Å²) in [6.45, 7) is 3.71. The molecule has 3 atom stereocenters. The minimum absolute atomic E-state index is 0.0887. The second kappa shape index (κ2) is 4.84. The first kappa shape index (κ1) is 13.5. The van der Waals surface area contributed by atoms with E-state index in [1.54, 1.807) is 28.6 Å². The molecule has 0 aromatic heterocycles. The molecule has 1 aromatic rings. The predicted molar refractivity (Wildman–Crippen MR) is 77.4 cm³/mol. The van der Waals surface area contributed by atoms with Crippen molar-refractivity contribution in [2.75, 3.05) is 13.1 Å². The third kappa shape index (κ3) is 2.24. The van der Waals surface area contributed by atoms with Gasteiger partial charge in [-0.1, -0.05) is 15.9 Å². The Labute approximate surface area is 122 Å². The first-order chi connectivity index (χ1) is 9.00. The van der Waals surface area contributed by atoms with Crippen molar-refractivity contribution in [2.24, 2.45) is 5.92 Å². The summed E-state index contributed by atoms with van der Waals surface area (Å²) in [5, 5.41) is 3.29. The lowest BCUT2D eigenvalue weighted by atomic mass is 10.0. The smallest absolute Gasteiger partial charge is 0.243 e. The lowest BCUT2D eigenvalue weighted by molar-refractivity contribution is 0.336. The van der Waals surface area contributed by atoms with E-state index in [0.29, 0.717) is 10.8 Å². The molecular weight excluding hydrogens is 328 g/mol. The molecule has 2 fully saturated rings. The first-order valence-electron chi connectivity index (χ1n) is 6.50. The summed E-state index contributed by atoms with van der Waals surface area (Å²) in [5.74, 6) is 0.459. The van der Waals surface area contributed by atoms with Crippen LogP contribution in [-0.2, 0) is 10.0 Å². The highest BCUT2D eigenvalue weighted by atomic mass is 79.9. The molecule has 104 valence electrons. The quantitative estimate of drug-likeness (QED) is 0.890. The van der Waals surface area contributed by atoms with E-state index in [2.05, 4.69) is 21.2 Å². The summed E-state index contributed by atoms with van der Waals surface area (Å²) in [7, 11) is -3.39. The van der Waals surface area contributed by atoms with E-state index in [1.165, 1.54) is 0 Å². The molecule has 0 bridgehead atoms. The second-order valence-corrected chi connectivity index (χ2v) is 8.12. The fourth-order valence-electron chi connectivity index (χ4n) is 3.27. The fraction of sp³-hybridized carbons (Fsp3) is 0.538. The number of sulfonamides is 1. The molecular formula is C13H17BrN2O2S. The highest BCUT2D eigenvalue weighted by Crippen LogP contribution is 2.36. The Balaban J connectivity index is 1.97. The van der Waals surface area contributed by atoms with Crippen molar-refractivity contribution < 1.29 is 8.42 Å². The molecule has 2 aliphatic heterocycles. The molecule has 0 aliphatic carbocycles. The van der Waals surface area contributed by atoms with Crippen LogP contribution in [0.2, 0.25) is 0 Å². The Morgan fingerprint density at radius 1 is 1.26 bits per heavy atom. The van der Waals surface area contributed by atoms with Gasteiger partial charge in [-0.3, -0.25) is 0 Å². The molecule has 3 unspecified atom stereocenters. The second-order valence-electron chi connectivity index (χ2n) is 5.36. The number of benzene rings is 1. The zero-order valence-electron chi connectivity index (χ0n) is 10.7. The van der Waals surface area contributed by atoms with E-state index in [0.717, 1.165) is 24.0 Å². The number of rotatable bonds is 2. The summed E-state index contributed by atoms with van der Waals surface area (Å²) in [6.07, 6.45) is 0.952. The van der Waals surface area contributed by atoms with Gasteiger partial charge in [0.25, 0.3) is 0 Å². The molecule has 2 heterocycles. The van der Waals surface area contributed by atoms with Crippen LogP contribution in [0.4, 0.5) is 0 Å². The van der Waals surface area contributed by atoms with Gasteiger partial charge in [-0.2, -0.15) is 4.31 Å². The van der Waals surface area contributed by atoms with Crippen LogP contribution in [0.1, 0.15) is 13.3 Å². The highest BCUT2D eigenvalue weighted by molar-refractivity contribution is 9.10. The van der Waals surface area contributed by atoms with Crippen molar-refractivity contribution in [1.82, 2.24) is 9.62 Å². The summed E-state index contributed by atoms with van der Waals surface area (Å²) in [5.41, 5.74) is 0. The van der Waals surface area contributed by atoms with E-state index < -0.39 is 10.0 Å². The number of nitrogens with zero attached hydrogens (tertiary/aromatic N) is 1. The van der Waals surface area contributed by atoms with Crippen LogP contribution in [0.5, 0.6) is 0 Å². The van der Waals surface area contributed by atoms with Crippen LogP contribution in [0.15, 0.2) is 33.6 Å². The minimum atomic E-state index is -3.39. The number of nitrogens with one attached hydrogen (secondary N) is 1. The van der Waals surface area contributed by atoms with Crippen LogP contribution in [0, 0.1) is 5.92 Å². The molecule has 1 aromatic carbocycles. The van der Waals surface area contributed by atoms with E-state index in [4.69, 9.17) is 0 Å². The lowest BCUT2D eigenvalue weighted by Crippen LogP contribution is -2.42. The Morgan fingerprint density at radius 2 is 1.95 bits per heavy atom. The van der Waals surface area contributed by atoms with Crippen LogP contribution in [-0.4, -0.2) is 37.9 Å². The summed E-state index contributed by atoms with van der Waals surface area (Å²) in [4.78, 5) is 0.384. The van der Waals surface area contributed by atoms with Crippen molar-refractivity contribution in [3.8, 4) is 0 Å². The molecule has 2 aliphatic rings. The van der Waals surface area contributed by atoms with Gasteiger partial charge in [0.2, 0.25) is 10.0 Å². The lowest BCUT2D eigenvalue weighted by Gasteiger charge is -2.26. The van der Waals surface area contributed by atoms with E-state index in [9.17, 15) is 8.42 Å². The maximum atomic E-state index is 12.8. The third-order valence-corrected chi connectivity index (χ3v) is 6.68. The van der Waals surface area contributed by atoms with Crippen molar-refractivity contribution in [3.63, 3.8) is 0 Å². The molecule has 0 saturated carbocycles. The average molecular weight is 345 g/mol. The Morgan fingerprint density at radius 3 is 2.63 bits per heavy atom. The van der Waals surface area contributed by atoms with Gasteiger partial charge in [-0.25, -0.2) is 8.42 Å². The third-order valence-electron chi connectivity index (χ3n) is 4.10. The Kier molecular flexibility index (Phi) is 3.45. The van der Waals surface area contributed by atoms with Gasteiger partial charge < -0.3 is 5.32 Å². The van der Waals surface area contributed by atoms with Gasteiger partial charge >= 0.3 is 0 Å².